The number of likely N-dealkylation sites (tertiary alicyclic amines) is 1. The van der Waals surface area contributed by atoms with Crippen LogP contribution in [0.4, 0.5) is 13.2 Å². The molecular formula is C16H18F3N3O. The lowest BCUT2D eigenvalue weighted by molar-refractivity contribution is -0.137. The third-order valence-corrected chi connectivity index (χ3v) is 4.04. The van der Waals surface area contributed by atoms with E-state index in [2.05, 4.69) is 6.19 Å². The molecule has 1 aliphatic heterocycles. The van der Waals surface area contributed by atoms with Gasteiger partial charge in [-0.1, -0.05) is 12.1 Å². The molecule has 1 amide bonds. The van der Waals surface area contributed by atoms with Crippen LogP contribution < -0.4 is 0 Å². The van der Waals surface area contributed by atoms with E-state index in [1.807, 2.05) is 6.92 Å². The monoisotopic (exact) mass is 325 g/mol. The standard InChI is InChI=1S/C16H18F3N3O/c1-2-22(14-7-8-21(10-14)11-20)15(23)9-12-3-5-13(6-4-12)16(17,18)19/h3-6,14H,2,7-10H2,1H3/t14-/m1/s1. The Hall–Kier alpha value is -2.23. The van der Waals surface area contributed by atoms with E-state index in [1.165, 1.54) is 12.1 Å². The van der Waals surface area contributed by atoms with Gasteiger partial charge in [0.05, 0.1) is 18.0 Å². The Labute approximate surface area is 133 Å². The van der Waals surface area contributed by atoms with Crippen molar-refractivity contribution < 1.29 is 18.0 Å². The zero-order valence-corrected chi connectivity index (χ0v) is 12.8. The first-order valence-electron chi connectivity index (χ1n) is 7.45. The van der Waals surface area contributed by atoms with E-state index in [9.17, 15) is 18.0 Å². The average Bonchev–Trinajstić information content (AvgIpc) is 2.96. The number of hydrogen-bond donors (Lipinski definition) is 0. The van der Waals surface area contributed by atoms with Crippen LogP contribution in [-0.2, 0) is 17.4 Å². The molecule has 0 N–H and O–H groups in total. The maximum atomic E-state index is 12.5. The van der Waals surface area contributed by atoms with Gasteiger partial charge in [0.25, 0.3) is 0 Å². The van der Waals surface area contributed by atoms with Gasteiger partial charge in [0.2, 0.25) is 5.91 Å². The van der Waals surface area contributed by atoms with Crippen LogP contribution in [0.3, 0.4) is 0 Å². The van der Waals surface area contributed by atoms with E-state index >= 15 is 0 Å². The molecule has 0 aliphatic carbocycles. The Morgan fingerprint density at radius 1 is 1.39 bits per heavy atom. The van der Waals surface area contributed by atoms with Crippen molar-refractivity contribution in [1.29, 1.82) is 5.26 Å². The zero-order valence-electron chi connectivity index (χ0n) is 12.8. The summed E-state index contributed by atoms with van der Waals surface area (Å²) in [5, 5.41) is 8.88. The zero-order chi connectivity index (χ0) is 17.0. The molecule has 0 bridgehead atoms. The number of nitriles is 1. The van der Waals surface area contributed by atoms with E-state index in [0.717, 1.165) is 18.6 Å². The molecule has 0 saturated carbocycles. The second-order valence-electron chi connectivity index (χ2n) is 5.54. The first kappa shape index (κ1) is 17.1. The van der Waals surface area contributed by atoms with Crippen molar-refractivity contribution in [3.8, 4) is 6.19 Å². The highest BCUT2D eigenvalue weighted by atomic mass is 19.4. The van der Waals surface area contributed by atoms with Gasteiger partial charge in [0.15, 0.2) is 6.19 Å². The normalized spacial score (nSPS) is 17.9. The Balaban J connectivity index is 2.01. The van der Waals surface area contributed by atoms with Crippen molar-refractivity contribution in [3.05, 3.63) is 35.4 Å². The van der Waals surface area contributed by atoms with Crippen molar-refractivity contribution in [2.75, 3.05) is 19.6 Å². The van der Waals surface area contributed by atoms with Crippen molar-refractivity contribution >= 4 is 5.91 Å². The Morgan fingerprint density at radius 3 is 2.52 bits per heavy atom. The molecule has 0 aromatic heterocycles. The third-order valence-electron chi connectivity index (χ3n) is 4.04. The van der Waals surface area contributed by atoms with E-state index < -0.39 is 11.7 Å². The molecule has 0 unspecified atom stereocenters. The van der Waals surface area contributed by atoms with Crippen molar-refractivity contribution in [2.45, 2.75) is 32.0 Å². The third kappa shape index (κ3) is 4.15. The van der Waals surface area contributed by atoms with Gasteiger partial charge in [-0.05, 0) is 31.0 Å². The van der Waals surface area contributed by atoms with Gasteiger partial charge in [-0.3, -0.25) is 4.79 Å². The van der Waals surface area contributed by atoms with Gasteiger partial charge in [0, 0.05) is 19.6 Å². The van der Waals surface area contributed by atoms with Gasteiger partial charge >= 0.3 is 6.18 Å². The number of benzene rings is 1. The number of carbonyl (C=O) groups is 1. The highest BCUT2D eigenvalue weighted by Gasteiger charge is 2.31. The van der Waals surface area contributed by atoms with E-state index in [1.54, 1.807) is 9.80 Å². The van der Waals surface area contributed by atoms with Crippen molar-refractivity contribution in [2.24, 2.45) is 0 Å². The van der Waals surface area contributed by atoms with Crippen molar-refractivity contribution in [3.63, 3.8) is 0 Å². The highest BCUT2D eigenvalue weighted by Crippen LogP contribution is 2.29. The summed E-state index contributed by atoms with van der Waals surface area (Å²) < 4.78 is 37.6. The molecule has 1 atom stereocenters. The lowest BCUT2D eigenvalue weighted by atomic mass is 10.1. The summed E-state index contributed by atoms with van der Waals surface area (Å²) in [6, 6.07) is 4.65. The number of carbonyl (C=O) groups excluding carboxylic acids is 1. The van der Waals surface area contributed by atoms with Crippen LogP contribution in [-0.4, -0.2) is 41.4 Å². The molecule has 124 valence electrons. The van der Waals surface area contributed by atoms with Gasteiger partial charge < -0.3 is 9.80 Å². The first-order valence-corrected chi connectivity index (χ1v) is 7.45. The molecule has 1 saturated heterocycles. The minimum Gasteiger partial charge on any atom is -0.338 e. The quantitative estimate of drug-likeness (QED) is 0.800. The number of halogens is 3. The second kappa shape index (κ2) is 6.90. The minimum absolute atomic E-state index is 0.0124. The second-order valence-corrected chi connectivity index (χ2v) is 5.54. The van der Waals surface area contributed by atoms with Crippen LogP contribution in [0.15, 0.2) is 24.3 Å². The molecule has 1 aromatic carbocycles. The smallest absolute Gasteiger partial charge is 0.338 e. The molecule has 0 spiro atoms. The predicted octanol–water partition coefficient (Wildman–Crippen LogP) is 2.65. The molecule has 0 radical (unpaired) electrons. The molecule has 1 aliphatic rings. The van der Waals surface area contributed by atoms with Crippen LogP contribution in [0.5, 0.6) is 0 Å². The lowest BCUT2D eigenvalue weighted by Gasteiger charge is -2.27. The summed E-state index contributed by atoms with van der Waals surface area (Å²) >= 11 is 0. The van der Waals surface area contributed by atoms with E-state index in [4.69, 9.17) is 5.26 Å². The number of alkyl halides is 3. The van der Waals surface area contributed by atoms with Crippen LogP contribution >= 0.6 is 0 Å². The fourth-order valence-electron chi connectivity index (χ4n) is 2.81. The molecule has 4 nitrogen and oxygen atoms in total. The Kier molecular flexibility index (Phi) is 5.14. The molecule has 2 rings (SSSR count). The summed E-state index contributed by atoms with van der Waals surface area (Å²) in [6.45, 7) is 3.53. The average molecular weight is 325 g/mol. The predicted molar refractivity (Wildman–Crippen MR) is 78.1 cm³/mol. The number of likely N-dealkylation sites (N-methyl/N-ethyl adjacent to an activating group) is 1. The van der Waals surface area contributed by atoms with Gasteiger partial charge in [-0.15, -0.1) is 0 Å². The SMILES string of the molecule is CCN(C(=O)Cc1ccc(C(F)(F)F)cc1)[C@@H]1CCN(C#N)C1. The van der Waals surface area contributed by atoms with E-state index in [0.29, 0.717) is 25.2 Å². The largest absolute Gasteiger partial charge is 0.416 e. The molecule has 7 heteroatoms. The fraction of sp³-hybridized carbons (Fsp3) is 0.500. The van der Waals surface area contributed by atoms with Crippen molar-refractivity contribution in [1.82, 2.24) is 9.80 Å². The van der Waals surface area contributed by atoms with Gasteiger partial charge in [0.1, 0.15) is 0 Å². The number of rotatable bonds is 4. The van der Waals surface area contributed by atoms with Crippen LogP contribution in [0, 0.1) is 11.5 Å². The minimum atomic E-state index is -4.37. The first-order chi connectivity index (χ1) is 10.8. The molecule has 1 fully saturated rings. The Morgan fingerprint density at radius 2 is 2.04 bits per heavy atom. The summed E-state index contributed by atoms with van der Waals surface area (Å²) in [4.78, 5) is 15.7. The lowest BCUT2D eigenvalue weighted by Crippen LogP contribution is -2.42. The van der Waals surface area contributed by atoms with Crippen LogP contribution in [0.2, 0.25) is 0 Å². The fourth-order valence-corrected chi connectivity index (χ4v) is 2.81. The topological polar surface area (TPSA) is 47.3 Å². The van der Waals surface area contributed by atoms with Gasteiger partial charge in [-0.25, -0.2) is 0 Å². The molecular weight excluding hydrogens is 307 g/mol. The Bertz CT molecular complexity index is 592. The number of hydrogen-bond acceptors (Lipinski definition) is 3. The van der Waals surface area contributed by atoms with E-state index in [-0.39, 0.29) is 18.4 Å². The molecule has 23 heavy (non-hydrogen) atoms. The maximum absolute atomic E-state index is 12.5. The number of amides is 1. The highest BCUT2D eigenvalue weighted by molar-refractivity contribution is 5.79. The molecule has 1 aromatic rings. The summed E-state index contributed by atoms with van der Waals surface area (Å²) in [5.74, 6) is -0.128. The molecule has 1 heterocycles. The van der Waals surface area contributed by atoms with Gasteiger partial charge in [-0.2, -0.15) is 18.4 Å². The summed E-state index contributed by atoms with van der Waals surface area (Å²) in [5.41, 5.74) is -0.168. The summed E-state index contributed by atoms with van der Waals surface area (Å²) in [7, 11) is 0. The summed E-state index contributed by atoms with van der Waals surface area (Å²) in [6.07, 6.45) is -1.50. The maximum Gasteiger partial charge on any atom is 0.416 e. The van der Waals surface area contributed by atoms with Crippen LogP contribution in [0.25, 0.3) is 0 Å². The number of nitrogens with zero attached hydrogens (tertiary/aromatic N) is 3. The van der Waals surface area contributed by atoms with Crippen LogP contribution in [0.1, 0.15) is 24.5 Å².